The second-order valence-corrected chi connectivity index (χ2v) is 12.9. The zero-order valence-electron chi connectivity index (χ0n) is 26.3. The van der Waals surface area contributed by atoms with Crippen LogP contribution in [0.5, 0.6) is 6.01 Å². The van der Waals surface area contributed by atoms with E-state index in [1.54, 1.807) is 4.90 Å². The van der Waals surface area contributed by atoms with Crippen LogP contribution in [0.15, 0.2) is 49.1 Å². The second-order valence-electron chi connectivity index (χ2n) is 12.5. The van der Waals surface area contributed by atoms with Crippen molar-refractivity contribution in [2.75, 3.05) is 62.7 Å². The highest BCUT2D eigenvalue weighted by Crippen LogP contribution is 2.37. The summed E-state index contributed by atoms with van der Waals surface area (Å²) >= 11 is 6.72. The monoisotopic (exact) mass is 627 g/mol. The van der Waals surface area contributed by atoms with Crippen LogP contribution in [0.1, 0.15) is 37.4 Å². The van der Waals surface area contributed by atoms with Crippen LogP contribution in [0, 0.1) is 12.5 Å². The van der Waals surface area contributed by atoms with Gasteiger partial charge in [0.15, 0.2) is 0 Å². The Morgan fingerprint density at radius 1 is 1.20 bits per heavy atom. The minimum Gasteiger partial charge on any atom is -0.462 e. The van der Waals surface area contributed by atoms with Crippen LogP contribution < -0.4 is 14.5 Å². The highest BCUT2D eigenvalue weighted by molar-refractivity contribution is 6.36. The molecule has 0 N–H and O–H groups in total. The molecular weight excluding hydrogens is 586 g/mol. The summed E-state index contributed by atoms with van der Waals surface area (Å²) in [5.41, 5.74) is 3.13. The molecule has 236 valence electrons. The first-order valence-corrected chi connectivity index (χ1v) is 16.4. The van der Waals surface area contributed by atoms with Crippen molar-refractivity contribution in [3.63, 3.8) is 0 Å². The third-order valence-corrected chi connectivity index (χ3v) is 10.3. The molecular formula is C35H42ClN7O2. The van der Waals surface area contributed by atoms with E-state index in [0.29, 0.717) is 44.8 Å². The summed E-state index contributed by atoms with van der Waals surface area (Å²) in [5, 5.41) is 2.89. The summed E-state index contributed by atoms with van der Waals surface area (Å²) in [4.78, 5) is 34.9. The number of aromatic nitrogens is 2. The molecule has 2 aliphatic heterocycles. The lowest BCUT2D eigenvalue weighted by Gasteiger charge is -2.41. The van der Waals surface area contributed by atoms with Crippen LogP contribution in [0.4, 0.5) is 11.5 Å². The molecule has 45 heavy (non-hydrogen) atoms. The number of amides is 1. The SMILES string of the molecule is [C-]#[N+]C[C@H]1CN(c2nc(OCCN(C)[C@H](C)C3CCC3)nc3c2CCN(c2cccc4cccc(Cl)c24)C3)CCN1C(=O)C=C. The zero-order chi connectivity index (χ0) is 31.5. The van der Waals surface area contributed by atoms with Gasteiger partial charge in [0.2, 0.25) is 12.5 Å². The molecule has 2 atom stereocenters. The average molecular weight is 628 g/mol. The van der Waals surface area contributed by atoms with Gasteiger partial charge < -0.3 is 29.2 Å². The molecule has 1 aromatic heterocycles. The number of fused-ring (bicyclic) bond motifs is 2. The molecule has 3 aromatic rings. The van der Waals surface area contributed by atoms with Crippen molar-refractivity contribution in [1.82, 2.24) is 19.8 Å². The van der Waals surface area contributed by atoms with E-state index < -0.39 is 0 Å². The molecule has 0 bridgehead atoms. The molecule has 10 heteroatoms. The molecule has 3 aliphatic rings. The normalized spacial score (nSPS) is 19.2. The summed E-state index contributed by atoms with van der Waals surface area (Å²) in [5.74, 6) is 1.48. The van der Waals surface area contributed by atoms with Gasteiger partial charge in [-0.1, -0.05) is 48.9 Å². The Hall–Kier alpha value is -3.87. The van der Waals surface area contributed by atoms with Gasteiger partial charge in [0.05, 0.1) is 17.3 Å². The second kappa shape index (κ2) is 13.6. The van der Waals surface area contributed by atoms with E-state index in [1.807, 2.05) is 12.1 Å². The molecule has 0 spiro atoms. The van der Waals surface area contributed by atoms with Crippen LogP contribution in [-0.4, -0.2) is 90.7 Å². The van der Waals surface area contributed by atoms with Crippen molar-refractivity contribution in [1.29, 1.82) is 0 Å². The van der Waals surface area contributed by atoms with Crippen molar-refractivity contribution in [3.05, 3.63) is 76.8 Å². The zero-order valence-corrected chi connectivity index (χ0v) is 27.0. The molecule has 9 nitrogen and oxygen atoms in total. The van der Waals surface area contributed by atoms with Crippen LogP contribution in [0.25, 0.3) is 15.6 Å². The number of hydrogen-bond acceptors (Lipinski definition) is 7. The van der Waals surface area contributed by atoms with E-state index >= 15 is 0 Å². The maximum absolute atomic E-state index is 12.6. The number of hydrogen-bond donors (Lipinski definition) is 0. The lowest BCUT2D eigenvalue weighted by Crippen LogP contribution is -2.56. The summed E-state index contributed by atoms with van der Waals surface area (Å²) in [6.07, 6.45) is 6.04. The minimum atomic E-state index is -0.240. The standard InChI is InChI=1S/C35H42ClN7O2/c1-5-32(44)43-18-17-42(22-27(43)21-37-3)34-28-15-16-41(31-14-8-12-26-11-7-13-29(36)33(26)31)23-30(28)38-35(39-34)45-20-19-40(4)24(2)25-9-6-10-25/h5,7-8,11-14,24-25,27H,1,6,9-10,15-23H2,2,4H3/t24-,27+/m1/s1. The number of anilines is 2. The predicted molar refractivity (Wildman–Crippen MR) is 180 cm³/mol. The number of carbonyl (C=O) groups is 1. The largest absolute Gasteiger partial charge is 0.462 e. The Labute approximate surface area is 271 Å². The third-order valence-electron chi connectivity index (χ3n) is 9.94. The molecule has 1 amide bonds. The molecule has 1 aliphatic carbocycles. The van der Waals surface area contributed by atoms with Gasteiger partial charge in [-0.15, -0.1) is 0 Å². The van der Waals surface area contributed by atoms with Crippen LogP contribution in [-0.2, 0) is 17.8 Å². The molecule has 1 saturated heterocycles. The quantitative estimate of drug-likeness (QED) is 0.218. The van der Waals surface area contributed by atoms with Gasteiger partial charge in [-0.25, -0.2) is 6.57 Å². The summed E-state index contributed by atoms with van der Waals surface area (Å²) < 4.78 is 6.28. The molecule has 0 radical (unpaired) electrons. The number of ether oxygens (including phenoxy) is 1. The van der Waals surface area contributed by atoms with E-state index in [4.69, 9.17) is 32.9 Å². The Bertz CT molecular complexity index is 1600. The first-order valence-electron chi connectivity index (χ1n) is 16.0. The highest BCUT2D eigenvalue weighted by atomic mass is 35.5. The fourth-order valence-corrected chi connectivity index (χ4v) is 7.22. The molecule has 6 rings (SSSR count). The van der Waals surface area contributed by atoms with Gasteiger partial charge in [0, 0.05) is 55.4 Å². The predicted octanol–water partition coefficient (Wildman–Crippen LogP) is 5.47. The maximum atomic E-state index is 12.6. The number of halogens is 1. The maximum Gasteiger partial charge on any atom is 0.318 e. The van der Waals surface area contributed by atoms with Gasteiger partial charge in [-0.3, -0.25) is 4.79 Å². The molecule has 2 aromatic carbocycles. The summed E-state index contributed by atoms with van der Waals surface area (Å²) in [7, 11) is 2.17. The Morgan fingerprint density at radius 3 is 2.73 bits per heavy atom. The number of benzene rings is 2. The smallest absolute Gasteiger partial charge is 0.318 e. The Kier molecular flexibility index (Phi) is 9.43. The van der Waals surface area contributed by atoms with Crippen molar-refractivity contribution in [2.45, 2.75) is 51.2 Å². The van der Waals surface area contributed by atoms with Crippen LogP contribution in [0.2, 0.25) is 5.02 Å². The van der Waals surface area contributed by atoms with Gasteiger partial charge in [-0.2, -0.15) is 9.97 Å². The first kappa shape index (κ1) is 31.1. The lowest BCUT2D eigenvalue weighted by molar-refractivity contribution is -0.128. The first-order chi connectivity index (χ1) is 21.9. The van der Waals surface area contributed by atoms with Crippen molar-refractivity contribution in [2.24, 2.45) is 5.92 Å². The Balaban J connectivity index is 1.29. The van der Waals surface area contributed by atoms with Crippen LogP contribution >= 0.6 is 11.6 Å². The molecule has 3 heterocycles. The van der Waals surface area contributed by atoms with Crippen molar-refractivity contribution in [3.8, 4) is 6.01 Å². The van der Waals surface area contributed by atoms with E-state index in [0.717, 1.165) is 64.0 Å². The van der Waals surface area contributed by atoms with E-state index in [2.05, 4.69) is 64.4 Å². The van der Waals surface area contributed by atoms with Crippen molar-refractivity contribution < 1.29 is 9.53 Å². The average Bonchev–Trinajstić information content (AvgIpc) is 3.03. The fraction of sp³-hybridized carbons (Fsp3) is 0.486. The summed E-state index contributed by atoms with van der Waals surface area (Å²) in [6.45, 7) is 18.0. The van der Waals surface area contributed by atoms with E-state index in [1.165, 1.54) is 25.3 Å². The molecule has 0 unspecified atom stereocenters. The minimum absolute atomic E-state index is 0.137. The lowest BCUT2D eigenvalue weighted by atomic mass is 9.80. The molecule has 1 saturated carbocycles. The van der Waals surface area contributed by atoms with Gasteiger partial charge in [-0.05, 0) is 62.7 Å². The highest BCUT2D eigenvalue weighted by Gasteiger charge is 2.35. The van der Waals surface area contributed by atoms with E-state index in [9.17, 15) is 4.79 Å². The van der Waals surface area contributed by atoms with Crippen LogP contribution in [0.3, 0.4) is 0 Å². The summed E-state index contributed by atoms with van der Waals surface area (Å²) in [6, 6.07) is 13.0. The topological polar surface area (TPSA) is 69.4 Å². The Morgan fingerprint density at radius 2 is 2.00 bits per heavy atom. The number of nitrogens with zero attached hydrogens (tertiary/aromatic N) is 7. The van der Waals surface area contributed by atoms with Gasteiger partial charge in [0.25, 0.3) is 0 Å². The third kappa shape index (κ3) is 6.45. The fourth-order valence-electron chi connectivity index (χ4n) is 6.94. The van der Waals surface area contributed by atoms with Gasteiger partial charge in [0.1, 0.15) is 18.5 Å². The van der Waals surface area contributed by atoms with Gasteiger partial charge >= 0.3 is 6.01 Å². The number of piperazine rings is 1. The number of likely N-dealkylation sites (N-methyl/N-ethyl adjacent to an activating group) is 1. The van der Waals surface area contributed by atoms with E-state index in [-0.39, 0.29) is 18.5 Å². The number of carbonyl (C=O) groups excluding carboxylic acids is 1. The molecule has 2 fully saturated rings. The number of rotatable bonds is 10. The van der Waals surface area contributed by atoms with Crippen molar-refractivity contribution >= 4 is 39.8 Å².